The molecule has 0 heterocycles. The second-order valence-corrected chi connectivity index (χ2v) is 14.8. The van der Waals surface area contributed by atoms with Gasteiger partial charge in [-0.05, 0) is 55.9 Å². The van der Waals surface area contributed by atoms with Gasteiger partial charge in [-0.15, -0.1) is 0 Å². The van der Waals surface area contributed by atoms with Gasteiger partial charge in [0, 0.05) is 0 Å². The minimum atomic E-state index is -0.0805. The fraction of sp³-hybridized carbons (Fsp3) is 0.600. The molecule has 2 radical (unpaired) electrons. The van der Waals surface area contributed by atoms with Crippen molar-refractivity contribution < 1.29 is 5.11 Å². The number of hydrogen-bond donors (Lipinski definition) is 1. The van der Waals surface area contributed by atoms with Gasteiger partial charge in [-0.25, -0.2) is 0 Å². The number of benzene rings is 2. The molecule has 0 aliphatic carbocycles. The number of hydrogen-bond acceptors (Lipinski definition) is 1. The molecule has 0 fully saturated rings. The van der Waals surface area contributed by atoms with Crippen molar-refractivity contribution in [1.29, 1.82) is 0 Å². The van der Waals surface area contributed by atoms with E-state index in [-0.39, 0.29) is 21.7 Å². The van der Waals surface area contributed by atoms with Crippen molar-refractivity contribution in [3.63, 3.8) is 0 Å². The summed E-state index contributed by atoms with van der Waals surface area (Å²) >= 11 is 0. The first kappa shape index (κ1) is 26.7. The molecule has 0 saturated carbocycles. The van der Waals surface area contributed by atoms with Gasteiger partial charge in [-0.2, -0.15) is 0 Å². The van der Waals surface area contributed by atoms with E-state index in [9.17, 15) is 5.11 Å². The molecule has 0 aliphatic heterocycles. The Kier molecular flexibility index (Phi) is 7.52. The molecule has 0 spiro atoms. The molecular weight excluding hydrogens is 404 g/mol. The van der Waals surface area contributed by atoms with Crippen LogP contribution in [0.15, 0.2) is 30.3 Å². The second kappa shape index (κ2) is 9.01. The number of phenols is 1. The van der Waals surface area contributed by atoms with E-state index >= 15 is 0 Å². The summed E-state index contributed by atoms with van der Waals surface area (Å²) in [6, 6.07) is 12.5. The zero-order chi connectivity index (χ0) is 24.7. The maximum absolute atomic E-state index is 11.0. The molecule has 2 heteroatoms. The van der Waals surface area contributed by atoms with Gasteiger partial charge in [-0.3, -0.25) is 0 Å². The molecule has 0 aromatic heterocycles. The van der Waals surface area contributed by atoms with E-state index in [2.05, 4.69) is 113 Å². The molecule has 0 bridgehead atoms. The van der Waals surface area contributed by atoms with Crippen LogP contribution in [-0.4, -0.2) is 14.6 Å². The number of aromatic hydroxyl groups is 1. The van der Waals surface area contributed by atoms with E-state index in [1.165, 1.54) is 21.9 Å². The summed E-state index contributed by atoms with van der Waals surface area (Å²) in [6.07, 6.45) is 1.04. The first-order valence-electron chi connectivity index (χ1n) is 12.1. The average Bonchev–Trinajstić information content (AvgIpc) is 2.59. The Morgan fingerprint density at radius 2 is 1.12 bits per heavy atom. The van der Waals surface area contributed by atoms with Crippen molar-refractivity contribution in [2.45, 2.75) is 117 Å². The van der Waals surface area contributed by atoms with Gasteiger partial charge >= 0.3 is 0 Å². The minimum Gasteiger partial charge on any atom is -0.507 e. The molecule has 2 rings (SSSR count). The molecule has 0 aliphatic rings. The van der Waals surface area contributed by atoms with Crippen molar-refractivity contribution in [2.75, 3.05) is 0 Å². The van der Waals surface area contributed by atoms with Crippen molar-refractivity contribution in [1.82, 2.24) is 0 Å². The SMILES string of the molecule is CC(C)(C)c1cc(CC[Si]c2cccc(C(C)(C)C)c2C(C)(C)C)cc(C(C)(C)C)c1O. The van der Waals surface area contributed by atoms with Gasteiger partial charge in [-0.1, -0.05) is 125 Å². The lowest BCUT2D eigenvalue weighted by molar-refractivity contribution is 0.422. The number of aryl methyl sites for hydroxylation is 1. The van der Waals surface area contributed by atoms with Crippen LogP contribution in [0, 0.1) is 0 Å². The standard InChI is InChI=1S/C30H46OSi/c1-27(2,3)21-14-13-15-24(25(21)30(10,11)12)32-17-16-20-18-22(28(4,5)6)26(31)23(19-20)29(7,8)9/h13-15,18-19,31H,16-17H2,1-12H3. The highest BCUT2D eigenvalue weighted by molar-refractivity contribution is 6.54. The molecule has 1 nitrogen and oxygen atoms in total. The first-order valence-corrected chi connectivity index (χ1v) is 13.3. The van der Waals surface area contributed by atoms with Gasteiger partial charge in [0.2, 0.25) is 0 Å². The second-order valence-electron chi connectivity index (χ2n) is 13.4. The Hall–Kier alpha value is -1.54. The van der Waals surface area contributed by atoms with Crippen LogP contribution < -0.4 is 5.19 Å². The fourth-order valence-corrected chi connectivity index (χ4v) is 6.04. The van der Waals surface area contributed by atoms with E-state index in [1.54, 1.807) is 0 Å². The zero-order valence-corrected chi connectivity index (χ0v) is 23.7. The van der Waals surface area contributed by atoms with E-state index < -0.39 is 0 Å². The predicted molar refractivity (Wildman–Crippen MR) is 143 cm³/mol. The van der Waals surface area contributed by atoms with E-state index in [0.29, 0.717) is 5.75 Å². The van der Waals surface area contributed by atoms with Gasteiger partial charge in [0.15, 0.2) is 0 Å². The molecular formula is C30H46OSi. The predicted octanol–water partition coefficient (Wildman–Crippen LogP) is 7.57. The molecule has 0 unspecified atom stereocenters. The molecule has 2 aromatic rings. The third-order valence-electron chi connectivity index (χ3n) is 6.14. The summed E-state index contributed by atoms with van der Waals surface area (Å²) < 4.78 is 0. The maximum atomic E-state index is 11.0. The highest BCUT2D eigenvalue weighted by Gasteiger charge is 2.28. The Morgan fingerprint density at radius 1 is 0.656 bits per heavy atom. The Labute approximate surface area is 200 Å². The van der Waals surface area contributed by atoms with Crippen LogP contribution in [0.2, 0.25) is 6.04 Å². The fourth-order valence-electron chi connectivity index (χ4n) is 4.46. The lowest BCUT2D eigenvalue weighted by Gasteiger charge is -2.32. The molecule has 176 valence electrons. The van der Waals surface area contributed by atoms with Crippen LogP contribution in [-0.2, 0) is 28.1 Å². The number of rotatable bonds is 4. The molecule has 1 N–H and O–H groups in total. The maximum Gasteiger partial charge on any atom is 0.123 e. The summed E-state index contributed by atoms with van der Waals surface area (Å²) in [5.74, 6) is 0.476. The van der Waals surface area contributed by atoms with Crippen molar-refractivity contribution >= 4 is 14.7 Å². The van der Waals surface area contributed by atoms with Crippen LogP contribution in [0.1, 0.15) is 111 Å². The Bertz CT molecular complexity index is 906. The first-order chi connectivity index (χ1) is 14.3. The van der Waals surface area contributed by atoms with Gasteiger partial charge in [0.05, 0.1) is 9.52 Å². The van der Waals surface area contributed by atoms with Gasteiger partial charge in [0.25, 0.3) is 0 Å². The largest absolute Gasteiger partial charge is 0.507 e. The van der Waals surface area contributed by atoms with Crippen LogP contribution in [0.4, 0.5) is 0 Å². The zero-order valence-electron chi connectivity index (χ0n) is 22.7. The van der Waals surface area contributed by atoms with E-state index in [0.717, 1.165) is 33.1 Å². The van der Waals surface area contributed by atoms with Crippen molar-refractivity contribution in [3.8, 4) is 5.75 Å². The normalized spacial score (nSPS) is 13.5. The average molecular weight is 451 g/mol. The van der Waals surface area contributed by atoms with Crippen molar-refractivity contribution in [3.05, 3.63) is 58.1 Å². The quantitative estimate of drug-likeness (QED) is 0.476. The monoisotopic (exact) mass is 450 g/mol. The van der Waals surface area contributed by atoms with Crippen LogP contribution >= 0.6 is 0 Å². The van der Waals surface area contributed by atoms with Crippen LogP contribution in [0.5, 0.6) is 5.75 Å². The van der Waals surface area contributed by atoms with Gasteiger partial charge in [0.1, 0.15) is 5.75 Å². The third kappa shape index (κ3) is 6.28. The summed E-state index contributed by atoms with van der Waals surface area (Å²) in [5.41, 5.74) is 6.58. The minimum absolute atomic E-state index is 0.0805. The van der Waals surface area contributed by atoms with Crippen LogP contribution in [0.3, 0.4) is 0 Å². The summed E-state index contributed by atoms with van der Waals surface area (Å²) in [5, 5.41) is 12.5. The molecule has 0 amide bonds. The smallest absolute Gasteiger partial charge is 0.123 e. The van der Waals surface area contributed by atoms with Crippen LogP contribution in [0.25, 0.3) is 0 Å². The lowest BCUT2D eigenvalue weighted by Crippen LogP contribution is -2.33. The lowest BCUT2D eigenvalue weighted by atomic mass is 9.75. The molecule has 2 aromatic carbocycles. The van der Waals surface area contributed by atoms with E-state index in [4.69, 9.17) is 0 Å². The highest BCUT2D eigenvalue weighted by atomic mass is 28.2. The summed E-state index contributed by atoms with van der Waals surface area (Å²) in [6.45, 7) is 27.1. The van der Waals surface area contributed by atoms with E-state index in [1.807, 2.05) is 0 Å². The topological polar surface area (TPSA) is 20.2 Å². The molecule has 0 saturated heterocycles. The van der Waals surface area contributed by atoms with Crippen molar-refractivity contribution in [2.24, 2.45) is 0 Å². The third-order valence-corrected chi connectivity index (χ3v) is 7.43. The summed E-state index contributed by atoms with van der Waals surface area (Å²) in [7, 11) is 0.780. The van der Waals surface area contributed by atoms with Gasteiger partial charge < -0.3 is 5.11 Å². The molecule has 0 atom stereocenters. The Balaban J connectivity index is 2.39. The molecule has 32 heavy (non-hydrogen) atoms. The highest BCUT2D eigenvalue weighted by Crippen LogP contribution is 2.40. The summed E-state index contributed by atoms with van der Waals surface area (Å²) in [4.78, 5) is 0. The number of phenolic OH excluding ortho intramolecular Hbond substituents is 1. The Morgan fingerprint density at radius 3 is 1.53 bits per heavy atom.